The minimum Gasteiger partial charge on any atom is -0.657 e. The molecule has 4 N–H and O–H groups in total. The molecule has 4 aliphatic rings. The summed E-state index contributed by atoms with van der Waals surface area (Å²) in [5.74, 6) is 0. The number of nitrogens with zero attached hydrogens (tertiary/aromatic N) is 3. The van der Waals surface area contributed by atoms with Crippen LogP contribution in [0, 0.1) is 10.4 Å². The van der Waals surface area contributed by atoms with Gasteiger partial charge in [0, 0.05) is 30.6 Å². The zero-order valence-corrected chi connectivity index (χ0v) is 38.8. The molecule has 0 fully saturated rings. The first-order valence-electron chi connectivity index (χ1n) is 18.4. The molecule has 4 aromatic carbocycles. The summed E-state index contributed by atoms with van der Waals surface area (Å²) in [4.78, 5) is 13.8. The first-order valence-corrected chi connectivity index (χ1v) is 24.2. The van der Waals surface area contributed by atoms with Crippen LogP contribution in [-0.2, 0) is 60.0 Å². The van der Waals surface area contributed by atoms with Gasteiger partial charge in [-0.25, -0.2) is 9.97 Å². The van der Waals surface area contributed by atoms with Crippen molar-refractivity contribution in [2.75, 3.05) is 0 Å². The molecule has 318 valence electrons. The minimum absolute atomic E-state index is 0. The number of rotatable bonds is 8. The van der Waals surface area contributed by atoms with Crippen molar-refractivity contribution >= 4 is 75.8 Å². The topological polar surface area (TPSA) is 257 Å². The van der Waals surface area contributed by atoms with Crippen LogP contribution in [0.1, 0.15) is 22.8 Å². The molecule has 0 atom stereocenters. The molecular formula is C44H28N3O12S4Zn-. The van der Waals surface area contributed by atoms with Crippen LogP contribution in [-0.4, -0.2) is 61.9 Å². The summed E-state index contributed by atoms with van der Waals surface area (Å²) in [6, 6.07) is 28.9. The van der Waals surface area contributed by atoms with Gasteiger partial charge >= 0.3 is 0 Å². The van der Waals surface area contributed by atoms with Gasteiger partial charge in [-0.15, -0.1) is 11.0 Å². The average molecular weight is 984 g/mol. The van der Waals surface area contributed by atoms with E-state index in [1.165, 1.54) is 97.1 Å². The number of benzene rings is 4. The predicted molar refractivity (Wildman–Crippen MR) is 233 cm³/mol. The van der Waals surface area contributed by atoms with Crippen LogP contribution in [0.3, 0.4) is 0 Å². The average Bonchev–Trinajstić information content (AvgIpc) is 4.01. The molecule has 15 nitrogen and oxygen atoms in total. The van der Waals surface area contributed by atoms with Gasteiger partial charge in [0.2, 0.25) is 0 Å². The van der Waals surface area contributed by atoms with Crippen LogP contribution < -0.4 is 4.98 Å². The van der Waals surface area contributed by atoms with Crippen LogP contribution >= 0.6 is 0 Å². The second-order valence-corrected chi connectivity index (χ2v) is 20.0. The van der Waals surface area contributed by atoms with Crippen molar-refractivity contribution in [3.05, 3.63) is 155 Å². The monoisotopic (exact) mass is 982 g/mol. The van der Waals surface area contributed by atoms with Gasteiger partial charge in [0.25, 0.3) is 40.5 Å². The molecule has 6 bridgehead atoms. The summed E-state index contributed by atoms with van der Waals surface area (Å²) in [6.07, 6.45) is 6.90. The van der Waals surface area contributed by atoms with E-state index >= 15 is 0 Å². The molecular weight excluding hydrogens is 956 g/mol. The molecule has 0 amide bonds. The molecule has 0 radical (unpaired) electrons. The first-order chi connectivity index (χ1) is 29.7. The molecule has 9 rings (SSSR count). The summed E-state index contributed by atoms with van der Waals surface area (Å²) < 4.78 is 135. The third-order valence-electron chi connectivity index (χ3n) is 10.5. The molecule has 5 aromatic rings. The maximum atomic E-state index is 12.1. The van der Waals surface area contributed by atoms with Crippen molar-refractivity contribution < 1.29 is 71.4 Å². The zero-order chi connectivity index (χ0) is 44.6. The van der Waals surface area contributed by atoms with Crippen molar-refractivity contribution in [3.63, 3.8) is 0 Å². The van der Waals surface area contributed by atoms with E-state index in [0.717, 1.165) is 0 Å². The third-order valence-corrected chi connectivity index (χ3v) is 13.9. The molecule has 0 spiro atoms. The van der Waals surface area contributed by atoms with Crippen LogP contribution in [0.4, 0.5) is 0 Å². The van der Waals surface area contributed by atoms with E-state index in [9.17, 15) is 51.9 Å². The van der Waals surface area contributed by atoms with Gasteiger partial charge in [-0.3, -0.25) is 18.2 Å². The van der Waals surface area contributed by atoms with Crippen LogP contribution in [0.5, 0.6) is 0 Å². The zero-order valence-electron chi connectivity index (χ0n) is 32.6. The van der Waals surface area contributed by atoms with E-state index in [-0.39, 0.29) is 39.1 Å². The number of hydrogen-bond donors (Lipinski definition) is 4. The Balaban J connectivity index is 0.00000560. The van der Waals surface area contributed by atoms with E-state index in [1.807, 2.05) is 12.1 Å². The molecule has 1 aromatic heterocycles. The van der Waals surface area contributed by atoms with Gasteiger partial charge in [0.05, 0.1) is 42.4 Å². The predicted octanol–water partition coefficient (Wildman–Crippen LogP) is 7.62. The summed E-state index contributed by atoms with van der Waals surface area (Å²) in [5.41, 5.74) is 6.09. The van der Waals surface area contributed by atoms with Crippen molar-refractivity contribution in [2.45, 2.75) is 19.6 Å². The standard InChI is InChI=1S/C44H28N3O12S4.Zn/c48-60(49,50)29-9-1-25(2-10-29)41-33-17-18-34(33)42(26-3-11-30(12-4-26)61(51,52)53)36-20-22-38(46-36)44(28-7-15-32(16-8-28)63(57,58)59)40-24-23-39(47-40)43(37-21-19-35(41)45-37)27-5-13-31(14-6-27)62(54,55)56;/h1-24H,(H,48,49,50)(H,51,52,53)(H,54,55,56)(H,57,58,59);/q-1;. The minimum atomic E-state index is -4.56. The molecule has 4 heterocycles. The normalized spacial score (nSPS) is 12.9. The summed E-state index contributed by atoms with van der Waals surface area (Å²) in [6.45, 7) is 0. The van der Waals surface area contributed by atoms with Gasteiger partial charge < -0.3 is 4.98 Å². The van der Waals surface area contributed by atoms with E-state index < -0.39 is 40.5 Å². The molecule has 1 aliphatic carbocycles. The van der Waals surface area contributed by atoms with E-state index in [2.05, 4.69) is 0 Å². The fourth-order valence-corrected chi connectivity index (χ4v) is 9.44. The Morgan fingerprint density at radius 2 is 0.562 bits per heavy atom. The van der Waals surface area contributed by atoms with Crippen LogP contribution in [0.2, 0.25) is 0 Å². The molecule has 64 heavy (non-hydrogen) atoms. The second kappa shape index (κ2) is 16.2. The Hall–Kier alpha value is -6.06. The first kappa shape index (κ1) is 44.5. The van der Waals surface area contributed by atoms with E-state index in [4.69, 9.17) is 15.0 Å². The molecule has 0 saturated heterocycles. The molecule has 3 aliphatic heterocycles. The van der Waals surface area contributed by atoms with Gasteiger partial charge in [-0.2, -0.15) is 33.7 Å². The van der Waals surface area contributed by atoms with Crippen molar-refractivity contribution in [3.8, 4) is 44.5 Å². The Morgan fingerprint density at radius 3 is 0.797 bits per heavy atom. The SMILES string of the molecule is O=S(=O)(O)c1ccc(-c2c3nc(c(-c4ccc(S(=O)(=O)O)cc4)c4ccc([n-]4)c(-c4ccc(S(=O)(=O)O)cc4)c4nc(c(-c5ccc(S(=O)(=O)O)cc5)c5ccc2=5)C=C4)C=C3)cc1.[Zn]. The van der Waals surface area contributed by atoms with Crippen molar-refractivity contribution in [1.82, 2.24) is 15.0 Å². The van der Waals surface area contributed by atoms with E-state index in [0.29, 0.717) is 88.8 Å². The fraction of sp³-hybridized carbons (Fsp3) is 0. The maximum Gasteiger partial charge on any atom is 0.294 e. The van der Waals surface area contributed by atoms with Gasteiger partial charge in [-0.1, -0.05) is 72.8 Å². The summed E-state index contributed by atoms with van der Waals surface area (Å²) in [5, 5.41) is 1.20. The van der Waals surface area contributed by atoms with Crippen molar-refractivity contribution in [1.29, 1.82) is 0 Å². The smallest absolute Gasteiger partial charge is 0.294 e. The van der Waals surface area contributed by atoms with E-state index in [1.54, 1.807) is 36.4 Å². The fourth-order valence-electron chi connectivity index (χ4n) is 7.52. The van der Waals surface area contributed by atoms with Crippen molar-refractivity contribution in [2.24, 2.45) is 0 Å². The number of fused-ring (bicyclic) bond motifs is 6. The molecule has 0 unspecified atom stereocenters. The molecule has 20 heteroatoms. The Bertz CT molecular complexity index is 3550. The van der Waals surface area contributed by atoms with Crippen LogP contribution in [0.15, 0.2) is 141 Å². The quantitative estimate of drug-likeness (QED) is 0.0843. The van der Waals surface area contributed by atoms with Gasteiger partial charge in [0.1, 0.15) is 0 Å². The molecule has 0 saturated carbocycles. The summed E-state index contributed by atoms with van der Waals surface area (Å²) in [7, 11) is -18.2. The maximum absolute atomic E-state index is 12.1. The Kier molecular flexibility index (Phi) is 11.3. The second-order valence-electron chi connectivity index (χ2n) is 14.3. The third kappa shape index (κ3) is 8.38. The van der Waals surface area contributed by atoms with Gasteiger partial charge in [-0.05, 0) is 117 Å². The number of aromatic nitrogens is 3. The van der Waals surface area contributed by atoms with Crippen LogP contribution in [0.25, 0.3) is 79.8 Å². The largest absolute Gasteiger partial charge is 0.657 e. The summed E-state index contributed by atoms with van der Waals surface area (Å²) >= 11 is 0. The van der Waals surface area contributed by atoms with Gasteiger partial charge in [0.15, 0.2) is 0 Å². The Labute approximate surface area is 378 Å². The number of hydrogen-bond acceptors (Lipinski definition) is 10. The Morgan fingerprint density at radius 1 is 0.328 bits per heavy atom.